The van der Waals surface area contributed by atoms with Crippen molar-refractivity contribution in [2.75, 3.05) is 31.5 Å². The van der Waals surface area contributed by atoms with Crippen molar-refractivity contribution in [1.82, 2.24) is 24.5 Å². The van der Waals surface area contributed by atoms with E-state index in [-0.39, 0.29) is 28.7 Å². The highest BCUT2D eigenvalue weighted by atomic mass is 32.2. The molecule has 16 nitrogen and oxygen atoms in total. The second kappa shape index (κ2) is 21.0. The second-order valence-corrected chi connectivity index (χ2v) is 21.1. The minimum atomic E-state index is -3.85. The van der Waals surface area contributed by atoms with E-state index in [9.17, 15) is 30.4 Å². The van der Waals surface area contributed by atoms with Gasteiger partial charge in [-0.1, -0.05) is 53.7 Å². The summed E-state index contributed by atoms with van der Waals surface area (Å²) in [7, 11) is -7.11. The van der Waals surface area contributed by atoms with Gasteiger partial charge >= 0.3 is 6.03 Å². The van der Waals surface area contributed by atoms with Crippen LogP contribution < -0.4 is 19.9 Å². The largest absolute Gasteiger partial charge is 0.387 e. The molecule has 0 spiro atoms. The van der Waals surface area contributed by atoms with Gasteiger partial charge in [-0.2, -0.15) is 0 Å². The lowest BCUT2D eigenvalue weighted by molar-refractivity contribution is 0.0704. The van der Waals surface area contributed by atoms with E-state index in [0.29, 0.717) is 83.1 Å². The highest BCUT2D eigenvalue weighted by Crippen LogP contribution is 2.40. The molecule has 348 valence electrons. The number of likely N-dealkylation sites (tertiary alicyclic amines) is 2. The van der Waals surface area contributed by atoms with Gasteiger partial charge in [-0.3, -0.25) is 9.80 Å². The Kier molecular flexibility index (Phi) is 15.7. The van der Waals surface area contributed by atoms with Crippen LogP contribution in [0.1, 0.15) is 89.2 Å². The minimum Gasteiger partial charge on any atom is -0.387 e. The molecule has 2 aliphatic heterocycles. The van der Waals surface area contributed by atoms with Crippen molar-refractivity contribution >= 4 is 43.4 Å². The number of halogens is 2. The molecule has 0 atom stereocenters. The fourth-order valence-electron chi connectivity index (χ4n) is 7.96. The summed E-state index contributed by atoms with van der Waals surface area (Å²) in [5.74, 6) is -0.441. The molecular formula is C46H52F2N10O6S2. The number of amides is 2. The van der Waals surface area contributed by atoms with Crippen LogP contribution in [0.5, 0.6) is 5.75 Å². The van der Waals surface area contributed by atoms with Crippen molar-refractivity contribution in [1.29, 1.82) is 5.26 Å². The van der Waals surface area contributed by atoms with Crippen LogP contribution in [0.4, 0.5) is 30.9 Å². The normalized spacial score (nSPS) is 16.9. The third kappa shape index (κ3) is 11.8. The number of benzene rings is 2. The molecular weight excluding hydrogens is 891 g/mol. The number of hydrogen-bond acceptors (Lipinski definition) is 11. The van der Waals surface area contributed by atoms with E-state index in [1.54, 1.807) is 18.4 Å². The summed E-state index contributed by atoms with van der Waals surface area (Å²) in [5.41, 5.74) is 3.27. The number of ether oxygens (including phenoxy) is 1. The summed E-state index contributed by atoms with van der Waals surface area (Å²) in [6.45, 7) is 23.8. The van der Waals surface area contributed by atoms with Gasteiger partial charge in [-0.25, -0.2) is 40.3 Å². The zero-order valence-corrected chi connectivity index (χ0v) is 38.7. The summed E-state index contributed by atoms with van der Waals surface area (Å²) < 4.78 is 82.6. The Morgan fingerprint density at radius 3 is 1.70 bits per heavy atom. The van der Waals surface area contributed by atoms with Crippen LogP contribution in [0.15, 0.2) is 60.9 Å². The molecule has 0 unspecified atom stereocenters. The van der Waals surface area contributed by atoms with Gasteiger partial charge in [-0.05, 0) is 103 Å². The fourth-order valence-corrected chi connectivity index (χ4v) is 10.0. The van der Waals surface area contributed by atoms with Gasteiger partial charge in [0.1, 0.15) is 34.5 Å². The van der Waals surface area contributed by atoms with E-state index < -0.39 is 43.0 Å². The van der Waals surface area contributed by atoms with Gasteiger partial charge in [0, 0.05) is 55.0 Å². The van der Waals surface area contributed by atoms with E-state index >= 15 is 0 Å². The number of urea groups is 1. The van der Waals surface area contributed by atoms with Gasteiger partial charge in [-0.15, -0.1) is 15.2 Å². The quantitative estimate of drug-likeness (QED) is 0.0965. The van der Waals surface area contributed by atoms with E-state index in [0.717, 1.165) is 12.8 Å². The third-order valence-electron chi connectivity index (χ3n) is 12.3. The van der Waals surface area contributed by atoms with Crippen molar-refractivity contribution in [2.45, 2.75) is 101 Å². The van der Waals surface area contributed by atoms with Crippen LogP contribution in [-0.2, 0) is 20.0 Å². The predicted molar refractivity (Wildman–Crippen MR) is 246 cm³/mol. The number of aromatic nitrogens is 2. The number of carbonyl (C=O) groups is 1. The molecule has 2 aliphatic carbocycles. The Bertz CT molecular complexity index is 2790. The highest BCUT2D eigenvalue weighted by molar-refractivity contribution is 7.90. The van der Waals surface area contributed by atoms with Crippen molar-refractivity contribution in [2.24, 2.45) is 5.14 Å². The molecule has 4 fully saturated rings. The average molecular weight is 943 g/mol. The van der Waals surface area contributed by atoms with Crippen molar-refractivity contribution in [3.8, 4) is 34.3 Å². The van der Waals surface area contributed by atoms with Crippen LogP contribution in [0, 0.1) is 36.3 Å². The third-order valence-corrected chi connectivity index (χ3v) is 15.1. The fraction of sp³-hybridized carbons (Fsp3) is 0.435. The molecule has 4 N–H and O–H groups in total. The first-order valence-electron chi connectivity index (χ1n) is 21.5. The first-order valence-corrected chi connectivity index (χ1v) is 24.7. The molecule has 66 heavy (non-hydrogen) atoms. The summed E-state index contributed by atoms with van der Waals surface area (Å²) in [5, 5.41) is 15.6. The number of sulfonamides is 2. The molecule has 8 rings (SSSR count). The van der Waals surface area contributed by atoms with Crippen LogP contribution >= 0.6 is 0 Å². The van der Waals surface area contributed by atoms with E-state index in [1.165, 1.54) is 74.5 Å². The lowest BCUT2D eigenvalue weighted by atomic mass is 9.89. The number of pyridine rings is 2. The first-order chi connectivity index (χ1) is 31.3. The number of nitrogens with two attached hydrogens (primary N) is 1. The number of nitrogens with one attached hydrogen (secondary N) is 2. The lowest BCUT2D eigenvalue weighted by Gasteiger charge is -2.47. The van der Waals surface area contributed by atoms with Crippen LogP contribution in [-0.4, -0.2) is 91.4 Å². The predicted octanol–water partition coefficient (Wildman–Crippen LogP) is 8.18. The van der Waals surface area contributed by atoms with Gasteiger partial charge in [0.05, 0.1) is 5.69 Å². The highest BCUT2D eigenvalue weighted by Gasteiger charge is 2.43. The molecule has 0 bridgehead atoms. The van der Waals surface area contributed by atoms with Gasteiger partial charge in [0.15, 0.2) is 5.75 Å². The minimum absolute atomic E-state index is 0.00929. The smallest absolute Gasteiger partial charge is 0.332 e. The number of primary sulfonamides is 1. The average Bonchev–Trinajstić information content (AvgIpc) is 3.19. The van der Waals surface area contributed by atoms with Crippen molar-refractivity contribution in [3.63, 3.8) is 0 Å². The van der Waals surface area contributed by atoms with Gasteiger partial charge in [0.2, 0.25) is 20.0 Å². The molecule has 2 saturated heterocycles. The Labute approximate surface area is 384 Å². The summed E-state index contributed by atoms with van der Waals surface area (Å²) >= 11 is 0. The van der Waals surface area contributed by atoms with Crippen molar-refractivity contribution < 1.29 is 35.1 Å². The number of carbonyl (C=O) groups excluding carboxylic acids is 1. The molecule has 4 heterocycles. The molecule has 0 radical (unpaired) electrons. The summed E-state index contributed by atoms with van der Waals surface area (Å²) in [6.07, 6.45) is 11.7. The molecule has 4 aromatic rings. The molecule has 4 aliphatic rings. The maximum absolute atomic E-state index is 14.4. The number of anilines is 1. The SMILES string of the molecule is NS(=O)(=O)C1CN(C2CCC2)C1.[C-]#[N+]c1cc(-c2cc(F)cc(C(C)C)c2NC(=O)NS(=O)(=O)C2CN(C3CCC3)C2)ccn1.[C-]#[N+]c1cc(-c2cc(F)cc(C(C)C)c2OC#N)ccn1. The number of hydrogen-bond donors (Lipinski definition) is 3. The molecule has 2 aromatic heterocycles. The Hall–Kier alpha value is -6.08. The Morgan fingerprint density at radius 1 is 0.788 bits per heavy atom. The zero-order valence-electron chi connectivity index (χ0n) is 37.0. The molecule has 2 amide bonds. The van der Waals surface area contributed by atoms with E-state index in [1.807, 2.05) is 27.7 Å². The monoisotopic (exact) mass is 942 g/mol. The van der Waals surface area contributed by atoms with Crippen LogP contribution in [0.25, 0.3) is 31.9 Å². The number of nitriles is 1. The van der Waals surface area contributed by atoms with Crippen LogP contribution in [0.3, 0.4) is 0 Å². The van der Waals surface area contributed by atoms with Crippen LogP contribution in [0.2, 0.25) is 0 Å². The number of nitrogens with zero attached hydrogens (tertiary/aromatic N) is 7. The van der Waals surface area contributed by atoms with E-state index in [2.05, 4.69) is 39.5 Å². The topological polar surface area (TPSA) is 209 Å². The summed E-state index contributed by atoms with van der Waals surface area (Å²) in [4.78, 5) is 31.5. The standard InChI is InChI=1S/C23H26FN5O3S.C16H12FN3O.C7H14N2O2S/c1-14(2)19-10-16(24)11-20(15-7-8-26-21(9-15)25-3)22(19)27-23(30)28-33(31,32)18-12-29(13-18)17-5-4-6-17;1-10(2)13-7-12(17)8-14(16(13)21-9-18)11-4-5-20-15(6-11)19-3;8-12(10,11)7-4-9(5-7)6-2-1-3-6/h7-11,14,17-18H,4-6,12-13H2,1-2H3,(H2,27,28,30);4-8,10H,1-2H3;6-7H,1-5H2,(H2,8,10,11). The second-order valence-electron chi connectivity index (χ2n) is 17.3. The molecule has 2 saturated carbocycles. The maximum Gasteiger partial charge on any atom is 0.332 e. The lowest BCUT2D eigenvalue weighted by Crippen LogP contribution is -2.62. The zero-order chi connectivity index (χ0) is 47.9. The molecule has 20 heteroatoms. The first kappa shape index (κ1) is 49.4. The van der Waals surface area contributed by atoms with Crippen molar-refractivity contribution in [3.05, 3.63) is 107 Å². The Balaban J connectivity index is 0.000000185. The molecule has 2 aromatic carbocycles. The number of rotatable bonds is 11. The van der Waals surface area contributed by atoms with Gasteiger partial charge < -0.3 is 19.7 Å². The maximum atomic E-state index is 14.4. The van der Waals surface area contributed by atoms with Gasteiger partial charge in [0.25, 0.3) is 17.9 Å². The van der Waals surface area contributed by atoms with E-state index in [4.69, 9.17) is 28.3 Å². The Morgan fingerprint density at radius 2 is 1.26 bits per heavy atom. The summed E-state index contributed by atoms with van der Waals surface area (Å²) in [6, 6.07) is 11.7.